The maximum Gasteiger partial charge on any atom is 0.295 e. The molecule has 0 spiro atoms. The summed E-state index contributed by atoms with van der Waals surface area (Å²) < 4.78 is 2.00. The fraction of sp³-hybridized carbons (Fsp3) is 0.0625. The third-order valence-corrected chi connectivity index (χ3v) is 4.16. The Balaban J connectivity index is 0.00000156. The summed E-state index contributed by atoms with van der Waals surface area (Å²) in [5.41, 5.74) is 3.04. The van der Waals surface area contributed by atoms with Gasteiger partial charge in [-0.15, -0.1) is 12.4 Å². The average Bonchev–Trinajstić information content (AvgIpc) is 2.84. The van der Waals surface area contributed by atoms with Crippen LogP contribution in [0.2, 0.25) is 5.02 Å². The molecule has 0 radical (unpaired) electrons. The molecule has 7 heteroatoms. The molecule has 23 heavy (non-hydrogen) atoms. The number of nitro groups is 1. The molecular formula is C16H11Cl2N3O2. The molecule has 0 amide bonds. The van der Waals surface area contributed by atoms with Crippen molar-refractivity contribution in [1.29, 1.82) is 0 Å². The maximum absolute atomic E-state index is 11.2. The first-order valence-electron chi connectivity index (χ1n) is 6.68. The van der Waals surface area contributed by atoms with Crippen LogP contribution in [-0.4, -0.2) is 14.5 Å². The first-order valence-corrected chi connectivity index (χ1v) is 7.06. The molecule has 2 aliphatic heterocycles. The van der Waals surface area contributed by atoms with Gasteiger partial charge in [0.05, 0.1) is 16.3 Å². The van der Waals surface area contributed by atoms with Crippen molar-refractivity contribution in [2.45, 2.75) is 0 Å². The van der Waals surface area contributed by atoms with Crippen molar-refractivity contribution in [2.24, 2.45) is 7.05 Å². The van der Waals surface area contributed by atoms with Crippen LogP contribution in [-0.2, 0) is 7.05 Å². The van der Waals surface area contributed by atoms with Crippen molar-refractivity contribution in [3.63, 3.8) is 0 Å². The van der Waals surface area contributed by atoms with Gasteiger partial charge in [0, 0.05) is 34.4 Å². The van der Waals surface area contributed by atoms with Crippen molar-refractivity contribution in [2.75, 3.05) is 0 Å². The Morgan fingerprint density at radius 2 is 2.00 bits per heavy atom. The van der Waals surface area contributed by atoms with E-state index in [1.807, 2.05) is 41.9 Å². The van der Waals surface area contributed by atoms with Crippen molar-refractivity contribution in [3.05, 3.63) is 57.6 Å². The molecule has 2 aromatic carbocycles. The third kappa shape index (κ3) is 2.20. The molecule has 0 saturated heterocycles. The number of non-ortho nitro benzene ring substituents is 1. The number of fused-ring (bicyclic) bond motifs is 4. The molecule has 2 aliphatic rings. The molecule has 0 N–H and O–H groups in total. The minimum atomic E-state index is -0.398. The highest BCUT2D eigenvalue weighted by Gasteiger charge is 2.22. The molecule has 5 nitrogen and oxygen atoms in total. The van der Waals surface area contributed by atoms with Crippen LogP contribution in [0.5, 0.6) is 0 Å². The number of rotatable bonds is 1. The zero-order valence-electron chi connectivity index (χ0n) is 12.0. The van der Waals surface area contributed by atoms with Crippen molar-refractivity contribution >= 4 is 51.5 Å². The summed E-state index contributed by atoms with van der Waals surface area (Å²) in [5.74, 6) is 0. The summed E-state index contributed by atoms with van der Waals surface area (Å²) in [7, 11) is 1.93. The Labute approximate surface area is 142 Å². The molecule has 0 aliphatic carbocycles. The van der Waals surface area contributed by atoms with E-state index in [0.717, 1.165) is 27.7 Å². The SMILES string of the molecule is Cl.Cn1c2c3cccc([N+](=O)[O-])c3nc-2cc2cc(Cl)ccc21. The lowest BCUT2D eigenvalue weighted by atomic mass is 10.1. The Morgan fingerprint density at radius 1 is 1.22 bits per heavy atom. The smallest absolute Gasteiger partial charge is 0.295 e. The van der Waals surface area contributed by atoms with Crippen LogP contribution >= 0.6 is 24.0 Å². The van der Waals surface area contributed by atoms with Gasteiger partial charge in [-0.1, -0.05) is 23.7 Å². The number of hydrogen-bond acceptors (Lipinski definition) is 3. The van der Waals surface area contributed by atoms with Gasteiger partial charge >= 0.3 is 0 Å². The summed E-state index contributed by atoms with van der Waals surface area (Å²) in [5, 5.41) is 13.6. The molecular weight excluding hydrogens is 337 g/mol. The molecule has 0 unspecified atom stereocenters. The number of para-hydroxylation sites is 1. The minimum absolute atomic E-state index is 0. The molecule has 4 rings (SSSR count). The van der Waals surface area contributed by atoms with Crippen LogP contribution < -0.4 is 0 Å². The predicted octanol–water partition coefficient (Wildman–Crippen LogP) is 4.81. The van der Waals surface area contributed by atoms with Gasteiger partial charge < -0.3 is 4.57 Å². The second-order valence-corrected chi connectivity index (χ2v) is 5.62. The van der Waals surface area contributed by atoms with Gasteiger partial charge in [0.2, 0.25) is 0 Å². The fourth-order valence-electron chi connectivity index (χ4n) is 2.97. The molecule has 0 bridgehead atoms. The van der Waals surface area contributed by atoms with E-state index in [-0.39, 0.29) is 18.1 Å². The van der Waals surface area contributed by atoms with E-state index in [1.54, 1.807) is 6.07 Å². The van der Waals surface area contributed by atoms with Crippen LogP contribution in [0.4, 0.5) is 5.69 Å². The Kier molecular flexibility index (Phi) is 3.62. The van der Waals surface area contributed by atoms with E-state index in [1.165, 1.54) is 6.07 Å². The number of benzene rings is 2. The Hall–Kier alpha value is -2.37. The maximum atomic E-state index is 11.2. The van der Waals surface area contributed by atoms with Crippen molar-refractivity contribution in [3.8, 4) is 11.4 Å². The highest BCUT2D eigenvalue weighted by molar-refractivity contribution is 6.31. The standard InChI is InChI=1S/C16H10ClN3O2.ClH/c1-19-13-6-5-10(17)7-9(13)8-12-16(19)11-3-2-4-14(20(21)22)15(11)18-12;/h2-8H,1H3;1H. The number of nitrogens with zero attached hydrogens (tertiary/aromatic N) is 3. The number of hydrogen-bond donors (Lipinski definition) is 0. The number of pyridine rings is 1. The highest BCUT2D eigenvalue weighted by Crippen LogP contribution is 2.37. The summed E-state index contributed by atoms with van der Waals surface area (Å²) in [6.07, 6.45) is 0. The van der Waals surface area contributed by atoms with Gasteiger partial charge in [-0.3, -0.25) is 10.1 Å². The number of aromatic nitrogens is 2. The normalized spacial score (nSPS) is 11.0. The topological polar surface area (TPSA) is 61.0 Å². The zero-order valence-corrected chi connectivity index (χ0v) is 13.6. The van der Waals surface area contributed by atoms with Gasteiger partial charge in [0.15, 0.2) is 5.52 Å². The predicted molar refractivity (Wildman–Crippen MR) is 93.8 cm³/mol. The Bertz CT molecular complexity index is 1040. The lowest BCUT2D eigenvalue weighted by Gasteiger charge is -2.12. The molecule has 0 fully saturated rings. The average molecular weight is 348 g/mol. The van der Waals surface area contributed by atoms with E-state index >= 15 is 0 Å². The first-order chi connectivity index (χ1) is 10.6. The third-order valence-electron chi connectivity index (χ3n) is 3.92. The monoisotopic (exact) mass is 347 g/mol. The van der Waals surface area contributed by atoms with Crippen molar-refractivity contribution < 1.29 is 4.92 Å². The van der Waals surface area contributed by atoms with Gasteiger partial charge in [-0.05, 0) is 24.3 Å². The number of halogens is 2. The Morgan fingerprint density at radius 3 is 2.74 bits per heavy atom. The second kappa shape index (κ2) is 5.37. The van der Waals surface area contributed by atoms with Crippen LogP contribution in [0, 0.1) is 10.1 Å². The van der Waals surface area contributed by atoms with E-state index in [9.17, 15) is 10.1 Å². The molecule has 2 aromatic rings. The molecule has 116 valence electrons. The molecule has 2 heterocycles. The van der Waals surface area contributed by atoms with E-state index in [2.05, 4.69) is 4.98 Å². The van der Waals surface area contributed by atoms with E-state index in [4.69, 9.17) is 11.6 Å². The quantitative estimate of drug-likeness (QED) is 0.366. The van der Waals surface area contributed by atoms with Crippen LogP contribution in [0.25, 0.3) is 33.2 Å². The summed E-state index contributed by atoms with van der Waals surface area (Å²) >= 11 is 6.05. The van der Waals surface area contributed by atoms with E-state index < -0.39 is 4.92 Å². The minimum Gasteiger partial charge on any atom is -0.342 e. The number of nitro benzene ring substituents is 1. The lowest BCUT2D eigenvalue weighted by Crippen LogP contribution is -1.98. The van der Waals surface area contributed by atoms with E-state index in [0.29, 0.717) is 10.5 Å². The van der Waals surface area contributed by atoms with Crippen LogP contribution in [0.15, 0.2) is 42.5 Å². The van der Waals surface area contributed by atoms with Gasteiger partial charge in [-0.25, -0.2) is 4.98 Å². The summed E-state index contributed by atoms with van der Waals surface area (Å²) in [6.45, 7) is 0. The first kappa shape index (κ1) is 15.5. The molecule has 0 aromatic heterocycles. The van der Waals surface area contributed by atoms with Gasteiger partial charge in [0.25, 0.3) is 5.69 Å². The number of aryl methyl sites for hydroxylation is 1. The fourth-order valence-corrected chi connectivity index (χ4v) is 3.15. The second-order valence-electron chi connectivity index (χ2n) is 5.18. The molecule has 0 saturated carbocycles. The lowest BCUT2D eigenvalue weighted by molar-refractivity contribution is -0.383. The summed E-state index contributed by atoms with van der Waals surface area (Å²) in [6, 6.07) is 12.6. The van der Waals surface area contributed by atoms with Gasteiger partial charge in [-0.2, -0.15) is 0 Å². The largest absolute Gasteiger partial charge is 0.342 e. The highest BCUT2D eigenvalue weighted by atomic mass is 35.5. The summed E-state index contributed by atoms with van der Waals surface area (Å²) in [4.78, 5) is 15.3. The molecule has 0 atom stereocenters. The van der Waals surface area contributed by atoms with Crippen LogP contribution in [0.3, 0.4) is 0 Å². The van der Waals surface area contributed by atoms with Crippen molar-refractivity contribution in [1.82, 2.24) is 9.55 Å². The zero-order chi connectivity index (χ0) is 15.4. The van der Waals surface area contributed by atoms with Gasteiger partial charge in [0.1, 0.15) is 0 Å². The van der Waals surface area contributed by atoms with Crippen LogP contribution in [0.1, 0.15) is 0 Å².